The first kappa shape index (κ1) is 17.8. The fraction of sp³-hybridized carbons (Fsp3) is 0.0417. The van der Waals surface area contributed by atoms with Crippen molar-refractivity contribution in [3.05, 3.63) is 108 Å². The third-order valence-corrected chi connectivity index (χ3v) is 4.52. The minimum absolute atomic E-state index is 0.290. The van der Waals surface area contributed by atoms with Crippen LogP contribution in [-0.4, -0.2) is 16.4 Å². The van der Waals surface area contributed by atoms with Gasteiger partial charge in [0.2, 0.25) is 0 Å². The zero-order valence-corrected chi connectivity index (χ0v) is 15.4. The second kappa shape index (κ2) is 8.37. The highest BCUT2D eigenvalue weighted by atomic mass is 15.1. The Hall–Kier alpha value is -3.63. The van der Waals surface area contributed by atoms with Crippen LogP contribution < -0.4 is 5.73 Å². The lowest BCUT2D eigenvalue weighted by Crippen LogP contribution is -2.02. The van der Waals surface area contributed by atoms with Crippen LogP contribution in [-0.2, 0) is 6.54 Å². The van der Waals surface area contributed by atoms with Crippen molar-refractivity contribution < 1.29 is 0 Å². The number of benzene rings is 3. The van der Waals surface area contributed by atoms with Gasteiger partial charge in [-0.15, -0.1) is 0 Å². The van der Waals surface area contributed by atoms with Gasteiger partial charge in [-0.1, -0.05) is 78.9 Å². The summed E-state index contributed by atoms with van der Waals surface area (Å²) >= 11 is 0. The molecule has 0 unspecified atom stereocenters. The number of rotatable bonds is 5. The molecule has 4 heteroatoms. The van der Waals surface area contributed by atoms with E-state index < -0.39 is 0 Å². The fourth-order valence-electron chi connectivity index (χ4n) is 3.14. The van der Waals surface area contributed by atoms with E-state index in [-0.39, 0.29) is 0 Å². The van der Waals surface area contributed by atoms with Crippen molar-refractivity contribution in [1.82, 2.24) is 10.2 Å². The average molecular weight is 364 g/mol. The Morgan fingerprint density at radius 2 is 1.39 bits per heavy atom. The highest BCUT2D eigenvalue weighted by Gasteiger charge is 2.08. The van der Waals surface area contributed by atoms with Gasteiger partial charge in [0, 0.05) is 18.1 Å². The number of allylic oxidation sites excluding steroid dienone is 1. The molecule has 0 aliphatic carbocycles. The van der Waals surface area contributed by atoms with Gasteiger partial charge < -0.3 is 5.73 Å². The second-order valence-electron chi connectivity index (χ2n) is 6.31. The molecule has 0 bridgehead atoms. The summed E-state index contributed by atoms with van der Waals surface area (Å²) in [6.45, 7) is 0.290. The minimum Gasteiger partial charge on any atom is -0.325 e. The molecule has 2 N–H and O–H groups in total. The maximum Gasteiger partial charge on any atom is 0.103 e. The van der Waals surface area contributed by atoms with Crippen molar-refractivity contribution >= 4 is 28.4 Å². The first-order valence-electron chi connectivity index (χ1n) is 9.16. The second-order valence-corrected chi connectivity index (χ2v) is 6.31. The lowest BCUT2D eigenvalue weighted by Gasteiger charge is -2.08. The Morgan fingerprint density at radius 3 is 2.04 bits per heavy atom. The Bertz CT molecular complexity index is 1090. The van der Waals surface area contributed by atoms with Crippen molar-refractivity contribution in [3.63, 3.8) is 0 Å². The summed E-state index contributed by atoms with van der Waals surface area (Å²) in [5.41, 5.74) is 11.5. The van der Waals surface area contributed by atoms with E-state index in [9.17, 15) is 0 Å². The van der Waals surface area contributed by atoms with Crippen LogP contribution in [0.4, 0.5) is 5.69 Å². The molecule has 1 aromatic heterocycles. The van der Waals surface area contributed by atoms with Gasteiger partial charge in [0.25, 0.3) is 0 Å². The number of hydrogen-bond donors (Lipinski definition) is 1. The molecule has 4 rings (SSSR count). The van der Waals surface area contributed by atoms with Gasteiger partial charge in [0.15, 0.2) is 0 Å². The molecule has 4 aromatic rings. The summed E-state index contributed by atoms with van der Waals surface area (Å²) in [7, 11) is 0. The number of nitrogens with zero attached hydrogens (tertiary/aromatic N) is 3. The molecule has 0 fully saturated rings. The summed E-state index contributed by atoms with van der Waals surface area (Å²) in [6, 6.07) is 28.4. The van der Waals surface area contributed by atoms with Crippen LogP contribution in [0.15, 0.2) is 96.0 Å². The molecule has 0 amide bonds. The molecule has 4 nitrogen and oxygen atoms in total. The molecule has 0 aliphatic heterocycles. The van der Waals surface area contributed by atoms with Crippen molar-refractivity contribution in [2.24, 2.45) is 10.7 Å². The van der Waals surface area contributed by atoms with E-state index in [1.165, 1.54) is 0 Å². The molecule has 0 radical (unpaired) electrons. The molecule has 0 atom stereocenters. The molecular weight excluding hydrogens is 344 g/mol. The van der Waals surface area contributed by atoms with Crippen LogP contribution in [0.2, 0.25) is 0 Å². The number of hydrogen-bond acceptors (Lipinski definition) is 4. The Balaban J connectivity index is 1.79. The predicted octanol–water partition coefficient (Wildman–Crippen LogP) is 4.92. The van der Waals surface area contributed by atoms with Gasteiger partial charge >= 0.3 is 0 Å². The highest BCUT2D eigenvalue weighted by Crippen LogP contribution is 2.27. The average Bonchev–Trinajstić information content (AvgIpc) is 2.78. The zero-order valence-electron chi connectivity index (χ0n) is 15.4. The Morgan fingerprint density at radius 1 is 0.786 bits per heavy atom. The first-order valence-corrected chi connectivity index (χ1v) is 9.16. The summed E-state index contributed by atoms with van der Waals surface area (Å²) in [4.78, 5) is 4.71. The van der Waals surface area contributed by atoms with Crippen molar-refractivity contribution in [1.29, 1.82) is 0 Å². The molecule has 0 aliphatic rings. The Labute approximate surface area is 164 Å². The molecule has 0 saturated carbocycles. The molecule has 28 heavy (non-hydrogen) atoms. The number of nitrogens with two attached hydrogens (primary N) is 1. The molecule has 1 heterocycles. The monoisotopic (exact) mass is 364 g/mol. The molecule has 3 aromatic carbocycles. The van der Waals surface area contributed by atoms with Crippen molar-refractivity contribution in [2.75, 3.05) is 0 Å². The largest absolute Gasteiger partial charge is 0.325 e. The van der Waals surface area contributed by atoms with E-state index in [1.807, 2.05) is 73.0 Å². The smallest absolute Gasteiger partial charge is 0.103 e. The van der Waals surface area contributed by atoms with E-state index >= 15 is 0 Å². The number of aliphatic imine (C=N–C) groups is 1. The minimum atomic E-state index is 0.290. The van der Waals surface area contributed by atoms with Gasteiger partial charge in [0.1, 0.15) is 5.69 Å². The van der Waals surface area contributed by atoms with E-state index in [0.29, 0.717) is 12.2 Å². The first-order chi connectivity index (χ1) is 13.9. The lowest BCUT2D eigenvalue weighted by molar-refractivity contribution is 0.920. The number of fused-ring (bicyclic) bond motifs is 1. The molecule has 0 spiro atoms. The summed E-state index contributed by atoms with van der Waals surface area (Å²) < 4.78 is 0. The van der Waals surface area contributed by atoms with Crippen LogP contribution in [0, 0.1) is 0 Å². The van der Waals surface area contributed by atoms with Crippen LogP contribution in [0.5, 0.6) is 0 Å². The maximum absolute atomic E-state index is 5.86. The van der Waals surface area contributed by atoms with Gasteiger partial charge in [-0.3, -0.25) is 4.99 Å². The quantitative estimate of drug-likeness (QED) is 0.511. The summed E-state index contributed by atoms with van der Waals surface area (Å²) in [5, 5.41) is 9.41. The van der Waals surface area contributed by atoms with Crippen LogP contribution in [0.3, 0.4) is 0 Å². The van der Waals surface area contributed by atoms with Crippen molar-refractivity contribution in [2.45, 2.75) is 6.54 Å². The Kier molecular flexibility index (Phi) is 5.31. The summed E-state index contributed by atoms with van der Waals surface area (Å²) in [5.74, 6) is 0. The fourth-order valence-corrected chi connectivity index (χ4v) is 3.14. The highest BCUT2D eigenvalue weighted by molar-refractivity contribution is 5.96. The third kappa shape index (κ3) is 3.72. The van der Waals surface area contributed by atoms with E-state index in [4.69, 9.17) is 10.7 Å². The van der Waals surface area contributed by atoms with Gasteiger partial charge in [-0.2, -0.15) is 10.2 Å². The van der Waals surface area contributed by atoms with E-state index in [0.717, 1.165) is 33.3 Å². The van der Waals surface area contributed by atoms with Gasteiger partial charge in [0.05, 0.1) is 11.2 Å². The normalized spacial score (nSPS) is 11.0. The molecular formula is C24H20N4. The van der Waals surface area contributed by atoms with Gasteiger partial charge in [-0.05, 0) is 28.8 Å². The maximum atomic E-state index is 5.86. The topological polar surface area (TPSA) is 64.2 Å². The van der Waals surface area contributed by atoms with Crippen LogP contribution >= 0.6 is 0 Å². The third-order valence-electron chi connectivity index (χ3n) is 4.52. The molecule has 136 valence electrons. The van der Waals surface area contributed by atoms with E-state index in [2.05, 4.69) is 34.5 Å². The molecule has 0 saturated heterocycles. The zero-order chi connectivity index (χ0) is 19.2. The van der Waals surface area contributed by atoms with Gasteiger partial charge in [-0.25, -0.2) is 0 Å². The van der Waals surface area contributed by atoms with E-state index in [1.54, 1.807) is 0 Å². The standard InChI is InChI=1S/C24H20N4/c25-17-23-24(21-13-7-8-14-22(21)27-28-23)26-16-15-20(18-9-3-1-4-10-18)19-11-5-2-6-12-19/h1-16H,17,25H2. The number of aromatic nitrogens is 2. The predicted molar refractivity (Wildman–Crippen MR) is 116 cm³/mol. The van der Waals surface area contributed by atoms with Crippen LogP contribution in [0.25, 0.3) is 16.5 Å². The van der Waals surface area contributed by atoms with Crippen LogP contribution in [0.1, 0.15) is 16.8 Å². The lowest BCUT2D eigenvalue weighted by atomic mass is 9.98. The SMILES string of the molecule is NCc1nnc2ccccc2c1N=CC=C(c1ccccc1)c1ccccc1. The van der Waals surface area contributed by atoms with Crippen molar-refractivity contribution in [3.8, 4) is 0 Å². The summed E-state index contributed by atoms with van der Waals surface area (Å²) in [6.07, 6.45) is 3.85.